The number of aromatic nitrogens is 4. The second-order valence-electron chi connectivity index (χ2n) is 6.15. The summed E-state index contributed by atoms with van der Waals surface area (Å²) in [5.74, 6) is 0.495. The summed E-state index contributed by atoms with van der Waals surface area (Å²) < 4.78 is 1.51. The predicted molar refractivity (Wildman–Crippen MR) is 109 cm³/mol. The summed E-state index contributed by atoms with van der Waals surface area (Å²) in [5.41, 5.74) is 2.78. The highest BCUT2D eigenvalue weighted by Gasteiger charge is 2.11. The predicted octanol–water partition coefficient (Wildman–Crippen LogP) is 2.72. The van der Waals surface area contributed by atoms with Gasteiger partial charge in [0.2, 0.25) is 0 Å². The molecule has 0 aliphatic heterocycles. The third-order valence-electron chi connectivity index (χ3n) is 4.17. The van der Waals surface area contributed by atoms with Gasteiger partial charge in [-0.15, -0.1) is 0 Å². The lowest BCUT2D eigenvalue weighted by atomic mass is 10.2. The van der Waals surface area contributed by atoms with Crippen LogP contribution in [0.2, 0.25) is 0 Å². The minimum absolute atomic E-state index is 0.172. The van der Waals surface area contributed by atoms with Crippen LogP contribution in [0.1, 0.15) is 16.7 Å². The molecule has 28 heavy (non-hydrogen) atoms. The number of anilines is 1. The van der Waals surface area contributed by atoms with Gasteiger partial charge in [-0.05, 0) is 35.4 Å². The molecule has 0 aliphatic carbocycles. The van der Waals surface area contributed by atoms with Crippen LogP contribution in [0, 0.1) is 0 Å². The van der Waals surface area contributed by atoms with Crippen LogP contribution < -0.4 is 10.9 Å². The van der Waals surface area contributed by atoms with Crippen molar-refractivity contribution in [3.63, 3.8) is 0 Å². The van der Waals surface area contributed by atoms with Crippen molar-refractivity contribution in [2.24, 2.45) is 4.99 Å². The maximum absolute atomic E-state index is 13.0. The largest absolute Gasteiger partial charge is 0.365 e. The topological polar surface area (TPSA) is 84.5 Å². The van der Waals surface area contributed by atoms with E-state index >= 15 is 0 Å². The van der Waals surface area contributed by atoms with Crippen LogP contribution >= 0.6 is 0 Å². The Morgan fingerprint density at radius 2 is 1.79 bits per heavy atom. The summed E-state index contributed by atoms with van der Waals surface area (Å²) in [6.07, 6.45) is 10.2. The zero-order valence-corrected chi connectivity index (χ0v) is 15.1. The first-order valence-corrected chi connectivity index (χ1v) is 8.84. The highest BCUT2D eigenvalue weighted by molar-refractivity contribution is 5.86. The minimum Gasteiger partial charge on any atom is -0.365 e. The molecule has 0 unspecified atom stereocenters. The minimum atomic E-state index is -0.172. The molecule has 0 saturated heterocycles. The average Bonchev–Trinajstić information content (AvgIpc) is 2.75. The van der Waals surface area contributed by atoms with Gasteiger partial charge in [-0.3, -0.25) is 24.2 Å². The number of hydrogen-bond donors (Lipinski definition) is 1. The Hall–Kier alpha value is -3.87. The fourth-order valence-electron chi connectivity index (χ4n) is 2.78. The number of fused-ring (bicyclic) bond motifs is 1. The molecule has 7 nitrogen and oxygen atoms in total. The number of hydrogen-bond acceptors (Lipinski definition) is 6. The van der Waals surface area contributed by atoms with Crippen LogP contribution in [-0.4, -0.2) is 25.6 Å². The zero-order chi connectivity index (χ0) is 19.2. The van der Waals surface area contributed by atoms with E-state index in [1.165, 1.54) is 4.40 Å². The maximum Gasteiger partial charge on any atom is 0.268 e. The Kier molecular flexibility index (Phi) is 5.15. The van der Waals surface area contributed by atoms with Gasteiger partial charge in [0.15, 0.2) is 0 Å². The smallest absolute Gasteiger partial charge is 0.268 e. The Bertz CT molecular complexity index is 1160. The molecule has 0 aromatic carbocycles. The van der Waals surface area contributed by atoms with E-state index in [0.717, 1.165) is 11.1 Å². The van der Waals surface area contributed by atoms with Crippen molar-refractivity contribution in [2.75, 3.05) is 5.32 Å². The van der Waals surface area contributed by atoms with Gasteiger partial charge >= 0.3 is 0 Å². The Morgan fingerprint density at radius 1 is 1.00 bits per heavy atom. The van der Waals surface area contributed by atoms with E-state index < -0.39 is 0 Å². The quantitative estimate of drug-likeness (QED) is 0.528. The number of nitrogens with zero attached hydrogens (tertiary/aromatic N) is 5. The summed E-state index contributed by atoms with van der Waals surface area (Å²) in [6.45, 7) is 0.944. The van der Waals surface area contributed by atoms with E-state index in [0.29, 0.717) is 30.1 Å². The van der Waals surface area contributed by atoms with Gasteiger partial charge < -0.3 is 5.32 Å². The lowest BCUT2D eigenvalue weighted by Crippen LogP contribution is -2.22. The molecule has 4 rings (SSSR count). The second-order valence-corrected chi connectivity index (χ2v) is 6.15. The normalized spacial score (nSPS) is 11.1. The molecule has 0 atom stereocenters. The molecule has 0 aliphatic rings. The molecule has 0 bridgehead atoms. The summed E-state index contributed by atoms with van der Waals surface area (Å²) >= 11 is 0. The molecule has 138 valence electrons. The molecule has 0 amide bonds. The standard InChI is InChI=1S/C21H18N6O/c28-21-18(15-24-13-16-5-3-8-22-11-16)20(25-14-17-6-4-9-23-12-17)26-19-7-1-2-10-27(19)21/h1-12,15,25H,13-14H2. The monoisotopic (exact) mass is 370 g/mol. The van der Waals surface area contributed by atoms with Crippen molar-refractivity contribution in [3.05, 3.63) is 100 Å². The van der Waals surface area contributed by atoms with Gasteiger partial charge in [-0.25, -0.2) is 4.98 Å². The van der Waals surface area contributed by atoms with Crippen LogP contribution in [0.15, 0.2) is 83.2 Å². The summed E-state index contributed by atoms with van der Waals surface area (Å²) in [7, 11) is 0. The van der Waals surface area contributed by atoms with Crippen LogP contribution in [0.25, 0.3) is 5.65 Å². The van der Waals surface area contributed by atoms with Gasteiger partial charge in [0.1, 0.15) is 17.0 Å². The first kappa shape index (κ1) is 17.5. The van der Waals surface area contributed by atoms with Crippen LogP contribution in [0.5, 0.6) is 0 Å². The maximum atomic E-state index is 13.0. The highest BCUT2D eigenvalue weighted by Crippen LogP contribution is 2.11. The number of pyridine rings is 3. The van der Waals surface area contributed by atoms with Gasteiger partial charge in [-0.2, -0.15) is 0 Å². The highest BCUT2D eigenvalue weighted by atomic mass is 16.1. The number of nitrogens with one attached hydrogen (secondary N) is 1. The molecule has 7 heteroatoms. The average molecular weight is 370 g/mol. The molecule has 0 spiro atoms. The third-order valence-corrected chi connectivity index (χ3v) is 4.17. The van der Waals surface area contributed by atoms with Gasteiger partial charge in [0.25, 0.3) is 5.56 Å². The number of rotatable bonds is 6. The van der Waals surface area contributed by atoms with Crippen LogP contribution in [-0.2, 0) is 13.1 Å². The van der Waals surface area contributed by atoms with Gasteiger partial charge in [0, 0.05) is 43.7 Å². The van der Waals surface area contributed by atoms with Crippen LogP contribution in [0.4, 0.5) is 5.82 Å². The fourth-order valence-corrected chi connectivity index (χ4v) is 2.78. The van der Waals surface area contributed by atoms with Crippen molar-refractivity contribution in [1.29, 1.82) is 0 Å². The Labute approximate surface area is 161 Å². The molecule has 4 aromatic heterocycles. The van der Waals surface area contributed by atoms with Crippen molar-refractivity contribution < 1.29 is 0 Å². The summed E-state index contributed by atoms with van der Waals surface area (Å²) in [5, 5.41) is 3.24. The zero-order valence-electron chi connectivity index (χ0n) is 15.1. The lowest BCUT2D eigenvalue weighted by molar-refractivity contribution is 1.01. The fraction of sp³-hybridized carbons (Fsp3) is 0.0952. The first-order valence-electron chi connectivity index (χ1n) is 8.84. The SMILES string of the molecule is O=c1c(C=NCc2cccnc2)c(NCc2cccnc2)nc2ccccn12. The molecule has 4 heterocycles. The van der Waals surface area contributed by atoms with Crippen molar-refractivity contribution in [2.45, 2.75) is 13.1 Å². The van der Waals surface area contributed by atoms with E-state index in [1.807, 2.05) is 30.3 Å². The molecular formula is C21H18N6O. The second kappa shape index (κ2) is 8.22. The Balaban J connectivity index is 1.67. The summed E-state index contributed by atoms with van der Waals surface area (Å²) in [4.78, 5) is 30.2. The number of aliphatic imine (C=N–C) groups is 1. The van der Waals surface area contributed by atoms with Gasteiger partial charge in [0.05, 0.1) is 6.54 Å². The molecule has 0 radical (unpaired) electrons. The van der Waals surface area contributed by atoms with E-state index in [-0.39, 0.29) is 5.56 Å². The molecular weight excluding hydrogens is 352 g/mol. The first-order chi connectivity index (χ1) is 13.8. The van der Waals surface area contributed by atoms with Crippen molar-refractivity contribution in [1.82, 2.24) is 19.4 Å². The molecule has 4 aromatic rings. The Morgan fingerprint density at radius 3 is 2.54 bits per heavy atom. The van der Waals surface area contributed by atoms with Crippen LogP contribution in [0.3, 0.4) is 0 Å². The molecule has 1 N–H and O–H groups in total. The van der Waals surface area contributed by atoms with Gasteiger partial charge in [-0.1, -0.05) is 18.2 Å². The van der Waals surface area contributed by atoms with Crippen molar-refractivity contribution >= 4 is 17.7 Å². The molecule has 0 saturated carbocycles. The van der Waals surface area contributed by atoms with Crippen molar-refractivity contribution in [3.8, 4) is 0 Å². The van der Waals surface area contributed by atoms with E-state index in [1.54, 1.807) is 49.3 Å². The van der Waals surface area contributed by atoms with E-state index in [9.17, 15) is 4.79 Å². The van der Waals surface area contributed by atoms with E-state index in [2.05, 4.69) is 25.3 Å². The molecule has 0 fully saturated rings. The van der Waals surface area contributed by atoms with E-state index in [4.69, 9.17) is 0 Å². The third kappa shape index (κ3) is 3.93. The lowest BCUT2D eigenvalue weighted by Gasteiger charge is -2.10. The summed E-state index contributed by atoms with van der Waals surface area (Å²) in [6, 6.07) is 13.1.